The number of nitrogens with one attached hydrogen (secondary N) is 2. The quantitative estimate of drug-likeness (QED) is 0.668. The molecule has 134 valence electrons. The van der Waals surface area contributed by atoms with E-state index in [9.17, 15) is 9.90 Å². The topological polar surface area (TPSA) is 61.4 Å². The van der Waals surface area contributed by atoms with Gasteiger partial charge in [-0.3, -0.25) is 4.79 Å². The Morgan fingerprint density at radius 3 is 2.15 bits per heavy atom. The maximum absolute atomic E-state index is 12.6. The number of rotatable bonds is 4. The monoisotopic (exact) mass is 356 g/mol. The number of carbonyl (C=O) groups is 1. The normalized spacial score (nSPS) is 13.9. The Kier molecular flexibility index (Phi) is 4.62. The van der Waals surface area contributed by atoms with Gasteiger partial charge in [0.2, 0.25) is 0 Å². The van der Waals surface area contributed by atoms with Gasteiger partial charge in [-0.15, -0.1) is 0 Å². The summed E-state index contributed by atoms with van der Waals surface area (Å²) >= 11 is 0. The first kappa shape index (κ1) is 16.9. The molecule has 27 heavy (non-hydrogen) atoms. The fraction of sp³-hybridized carbons (Fsp3) is 0.0870. The van der Waals surface area contributed by atoms with Crippen molar-refractivity contribution in [2.45, 2.75) is 6.42 Å². The zero-order valence-corrected chi connectivity index (χ0v) is 14.8. The van der Waals surface area contributed by atoms with Gasteiger partial charge in [0, 0.05) is 12.0 Å². The lowest BCUT2D eigenvalue weighted by atomic mass is 9.94. The second-order valence-corrected chi connectivity index (χ2v) is 6.47. The zero-order valence-electron chi connectivity index (χ0n) is 14.8. The van der Waals surface area contributed by atoms with E-state index in [0.717, 1.165) is 28.0 Å². The van der Waals surface area contributed by atoms with Crippen molar-refractivity contribution in [3.05, 3.63) is 95.6 Å². The molecule has 0 radical (unpaired) electrons. The van der Waals surface area contributed by atoms with Crippen LogP contribution in [0.4, 0.5) is 0 Å². The number of benzene rings is 3. The molecule has 0 saturated heterocycles. The number of aromatic hydroxyl groups is 1. The minimum Gasteiger partial charge on any atom is -0.508 e. The number of hydrogen-bond donors (Lipinski definition) is 3. The fourth-order valence-corrected chi connectivity index (χ4v) is 3.32. The predicted molar refractivity (Wildman–Crippen MR) is 107 cm³/mol. The number of hydrogen-bond acceptors (Lipinski definition) is 3. The summed E-state index contributed by atoms with van der Waals surface area (Å²) in [4.78, 5) is 12.6. The molecule has 4 nitrogen and oxygen atoms in total. The molecule has 4 rings (SSSR count). The van der Waals surface area contributed by atoms with Crippen LogP contribution < -0.4 is 10.6 Å². The second-order valence-electron chi connectivity index (χ2n) is 6.47. The van der Waals surface area contributed by atoms with Gasteiger partial charge in [0.25, 0.3) is 5.91 Å². The standard InChI is InChI=1S/C23H20N2O2/c26-21-12-11-18(16-7-3-1-4-8-16)13-19(21)14-20-22(24-15-25-23(20)27)17-9-5-2-6-10-17/h1-13,24,26H,14-15H2,(H,25,27). The van der Waals surface area contributed by atoms with Crippen LogP contribution in [0, 0.1) is 0 Å². The van der Waals surface area contributed by atoms with E-state index in [4.69, 9.17) is 0 Å². The molecule has 3 aromatic rings. The van der Waals surface area contributed by atoms with E-state index >= 15 is 0 Å². The van der Waals surface area contributed by atoms with Crippen LogP contribution >= 0.6 is 0 Å². The molecule has 0 bridgehead atoms. The van der Waals surface area contributed by atoms with Gasteiger partial charge in [-0.1, -0.05) is 66.7 Å². The van der Waals surface area contributed by atoms with Crippen LogP contribution in [0.2, 0.25) is 0 Å². The molecule has 0 unspecified atom stereocenters. The van der Waals surface area contributed by atoms with Gasteiger partial charge in [-0.2, -0.15) is 0 Å². The first-order chi connectivity index (χ1) is 13.2. The van der Waals surface area contributed by atoms with Gasteiger partial charge < -0.3 is 15.7 Å². The van der Waals surface area contributed by atoms with Crippen LogP contribution in [0.25, 0.3) is 16.8 Å². The first-order valence-electron chi connectivity index (χ1n) is 8.90. The maximum Gasteiger partial charge on any atom is 0.251 e. The number of carbonyl (C=O) groups excluding carboxylic acids is 1. The van der Waals surface area contributed by atoms with Crippen molar-refractivity contribution < 1.29 is 9.90 Å². The average Bonchev–Trinajstić information content (AvgIpc) is 2.72. The molecule has 0 aliphatic carbocycles. The smallest absolute Gasteiger partial charge is 0.251 e. The maximum atomic E-state index is 12.6. The third kappa shape index (κ3) is 3.55. The molecule has 1 heterocycles. The molecule has 0 atom stereocenters. The average molecular weight is 356 g/mol. The number of amides is 1. The summed E-state index contributed by atoms with van der Waals surface area (Å²) in [7, 11) is 0. The van der Waals surface area contributed by atoms with E-state index in [1.54, 1.807) is 6.07 Å². The Hall–Kier alpha value is -3.53. The summed E-state index contributed by atoms with van der Waals surface area (Å²) in [5.74, 6) is 0.0742. The van der Waals surface area contributed by atoms with Crippen molar-refractivity contribution in [2.75, 3.05) is 6.67 Å². The molecule has 3 aromatic carbocycles. The van der Waals surface area contributed by atoms with Crippen LogP contribution in [0.15, 0.2) is 84.4 Å². The Balaban J connectivity index is 1.75. The highest BCUT2D eigenvalue weighted by Gasteiger charge is 2.22. The highest BCUT2D eigenvalue weighted by molar-refractivity contribution is 6.02. The lowest BCUT2D eigenvalue weighted by Gasteiger charge is -2.23. The van der Waals surface area contributed by atoms with Gasteiger partial charge in [0.1, 0.15) is 5.75 Å². The summed E-state index contributed by atoms with van der Waals surface area (Å²) in [5, 5.41) is 16.5. The Morgan fingerprint density at radius 2 is 1.44 bits per heavy atom. The number of phenols is 1. The molecule has 0 fully saturated rings. The first-order valence-corrected chi connectivity index (χ1v) is 8.90. The molecule has 3 N–H and O–H groups in total. The Bertz CT molecular complexity index is 995. The lowest BCUT2D eigenvalue weighted by molar-refractivity contribution is -0.117. The molecule has 0 saturated carbocycles. The summed E-state index contributed by atoms with van der Waals surface area (Å²) in [6.07, 6.45) is 0.343. The largest absolute Gasteiger partial charge is 0.508 e. The van der Waals surface area contributed by atoms with Crippen molar-refractivity contribution in [2.24, 2.45) is 0 Å². The molecule has 4 heteroatoms. The molecule has 1 aliphatic heterocycles. The lowest BCUT2D eigenvalue weighted by Crippen LogP contribution is -2.41. The van der Waals surface area contributed by atoms with E-state index in [1.807, 2.05) is 72.8 Å². The van der Waals surface area contributed by atoms with Crippen molar-refractivity contribution >= 4 is 11.6 Å². The van der Waals surface area contributed by atoms with E-state index in [-0.39, 0.29) is 11.7 Å². The second kappa shape index (κ2) is 7.38. The summed E-state index contributed by atoms with van der Waals surface area (Å²) in [6.45, 7) is 0.391. The van der Waals surface area contributed by atoms with E-state index < -0.39 is 0 Å². The van der Waals surface area contributed by atoms with E-state index in [2.05, 4.69) is 10.6 Å². The highest BCUT2D eigenvalue weighted by atomic mass is 16.3. The van der Waals surface area contributed by atoms with Crippen molar-refractivity contribution in [3.8, 4) is 16.9 Å². The van der Waals surface area contributed by atoms with Gasteiger partial charge in [0.15, 0.2) is 0 Å². The van der Waals surface area contributed by atoms with E-state index in [0.29, 0.717) is 18.7 Å². The third-order valence-corrected chi connectivity index (χ3v) is 4.71. The zero-order chi connectivity index (χ0) is 18.6. The third-order valence-electron chi connectivity index (χ3n) is 4.71. The summed E-state index contributed by atoms with van der Waals surface area (Å²) in [5.41, 5.74) is 5.19. The van der Waals surface area contributed by atoms with Crippen LogP contribution in [0.1, 0.15) is 11.1 Å². The van der Waals surface area contributed by atoms with Gasteiger partial charge in [-0.25, -0.2) is 0 Å². The molecule has 0 aromatic heterocycles. The van der Waals surface area contributed by atoms with Crippen LogP contribution in [-0.2, 0) is 11.2 Å². The predicted octanol–water partition coefficient (Wildman–Crippen LogP) is 3.69. The Labute approximate surface area is 158 Å². The van der Waals surface area contributed by atoms with Gasteiger partial charge >= 0.3 is 0 Å². The van der Waals surface area contributed by atoms with Gasteiger partial charge in [0.05, 0.1) is 12.4 Å². The number of phenolic OH excluding ortho intramolecular Hbond substituents is 1. The van der Waals surface area contributed by atoms with Crippen molar-refractivity contribution in [1.82, 2.24) is 10.6 Å². The highest BCUT2D eigenvalue weighted by Crippen LogP contribution is 2.30. The van der Waals surface area contributed by atoms with Gasteiger partial charge in [-0.05, 0) is 34.4 Å². The van der Waals surface area contributed by atoms with Crippen molar-refractivity contribution in [1.29, 1.82) is 0 Å². The molecule has 1 amide bonds. The molecular formula is C23H20N2O2. The molecule has 0 spiro atoms. The van der Waals surface area contributed by atoms with Crippen LogP contribution in [0.3, 0.4) is 0 Å². The van der Waals surface area contributed by atoms with Crippen LogP contribution in [-0.4, -0.2) is 17.7 Å². The summed E-state index contributed by atoms with van der Waals surface area (Å²) < 4.78 is 0. The van der Waals surface area contributed by atoms with Crippen LogP contribution in [0.5, 0.6) is 5.75 Å². The SMILES string of the molecule is O=C1NCNC(c2ccccc2)=C1Cc1cc(-c2ccccc2)ccc1O. The minimum atomic E-state index is -0.114. The van der Waals surface area contributed by atoms with Crippen molar-refractivity contribution in [3.63, 3.8) is 0 Å². The minimum absolute atomic E-state index is 0.114. The molecule has 1 aliphatic rings. The molecular weight excluding hydrogens is 336 g/mol. The summed E-state index contributed by atoms with van der Waals surface area (Å²) in [6, 6.07) is 25.3. The Morgan fingerprint density at radius 1 is 0.778 bits per heavy atom. The van der Waals surface area contributed by atoms with E-state index in [1.165, 1.54) is 0 Å². The fourth-order valence-electron chi connectivity index (χ4n) is 3.32.